The molecule has 0 heterocycles. The molecule has 0 spiro atoms. The molecule has 0 saturated carbocycles. The van der Waals surface area contributed by atoms with Crippen molar-refractivity contribution in [2.24, 2.45) is 0 Å². The molecule has 0 unspecified atom stereocenters. The summed E-state index contributed by atoms with van der Waals surface area (Å²) in [6.45, 7) is 3.79. The Morgan fingerprint density at radius 3 is 2.80 bits per heavy atom. The van der Waals surface area contributed by atoms with Crippen molar-refractivity contribution < 1.29 is 14.5 Å². The Balaban J connectivity index is 2.45. The Bertz CT molecular complexity index is 479. The van der Waals surface area contributed by atoms with Crippen LogP contribution in [-0.2, 0) is 4.74 Å². The van der Waals surface area contributed by atoms with Gasteiger partial charge >= 0.3 is 0 Å². The van der Waals surface area contributed by atoms with E-state index in [1.807, 2.05) is 6.92 Å². The quantitative estimate of drug-likeness (QED) is 0.455. The molecule has 0 aliphatic rings. The maximum absolute atomic E-state index is 11.8. The fourth-order valence-corrected chi connectivity index (χ4v) is 1.78. The van der Waals surface area contributed by atoms with Crippen LogP contribution >= 0.6 is 11.6 Å². The lowest BCUT2D eigenvalue weighted by Gasteiger charge is -2.07. The summed E-state index contributed by atoms with van der Waals surface area (Å²) in [6.07, 6.45) is 1.67. The number of nitro groups is 1. The summed E-state index contributed by atoms with van der Waals surface area (Å²) in [6, 6.07) is 3.77. The van der Waals surface area contributed by atoms with Gasteiger partial charge in [0.2, 0.25) is 0 Å². The monoisotopic (exact) mass is 300 g/mol. The number of carbonyl (C=O) groups excluding carboxylic acids is 1. The normalized spacial score (nSPS) is 10.3. The smallest absolute Gasteiger partial charge is 0.270 e. The first-order chi connectivity index (χ1) is 9.56. The predicted molar refractivity (Wildman–Crippen MR) is 76.2 cm³/mol. The van der Waals surface area contributed by atoms with Crippen LogP contribution in [0.4, 0.5) is 5.69 Å². The van der Waals surface area contributed by atoms with Gasteiger partial charge in [-0.2, -0.15) is 0 Å². The van der Waals surface area contributed by atoms with E-state index in [1.54, 1.807) is 0 Å². The maximum Gasteiger partial charge on any atom is 0.270 e. The highest BCUT2D eigenvalue weighted by Gasteiger charge is 2.14. The second kappa shape index (κ2) is 8.50. The van der Waals surface area contributed by atoms with Crippen molar-refractivity contribution in [3.05, 3.63) is 38.9 Å². The van der Waals surface area contributed by atoms with E-state index in [9.17, 15) is 14.9 Å². The third-order valence-electron chi connectivity index (χ3n) is 2.51. The van der Waals surface area contributed by atoms with Gasteiger partial charge in [0.1, 0.15) is 0 Å². The number of benzene rings is 1. The van der Waals surface area contributed by atoms with Gasteiger partial charge in [-0.25, -0.2) is 0 Å². The number of ether oxygens (including phenoxy) is 1. The van der Waals surface area contributed by atoms with E-state index < -0.39 is 4.92 Å². The van der Waals surface area contributed by atoms with Crippen LogP contribution in [-0.4, -0.2) is 30.6 Å². The molecule has 6 nitrogen and oxygen atoms in total. The van der Waals surface area contributed by atoms with Crippen molar-refractivity contribution in [2.75, 3.05) is 19.8 Å². The largest absolute Gasteiger partial charge is 0.381 e. The third-order valence-corrected chi connectivity index (χ3v) is 2.82. The summed E-state index contributed by atoms with van der Waals surface area (Å²) in [7, 11) is 0. The molecule has 0 atom stereocenters. The Kier molecular flexibility index (Phi) is 6.97. The zero-order valence-electron chi connectivity index (χ0n) is 11.2. The number of amides is 1. The minimum atomic E-state index is -0.557. The second-order valence-corrected chi connectivity index (χ2v) is 4.55. The fourth-order valence-electron chi connectivity index (χ4n) is 1.52. The van der Waals surface area contributed by atoms with Crippen molar-refractivity contribution in [1.82, 2.24) is 5.32 Å². The van der Waals surface area contributed by atoms with Crippen LogP contribution in [0.25, 0.3) is 0 Å². The molecule has 20 heavy (non-hydrogen) atoms. The van der Waals surface area contributed by atoms with Crippen molar-refractivity contribution in [1.29, 1.82) is 0 Å². The SMILES string of the molecule is CCCOCCCNC(=O)c1ccc([N+](=O)[O-])cc1Cl. The van der Waals surface area contributed by atoms with Crippen LogP contribution in [0.15, 0.2) is 18.2 Å². The van der Waals surface area contributed by atoms with E-state index in [0.29, 0.717) is 26.2 Å². The van der Waals surface area contributed by atoms with Gasteiger partial charge in [0, 0.05) is 31.9 Å². The number of non-ortho nitro benzene ring substituents is 1. The van der Waals surface area contributed by atoms with Crippen molar-refractivity contribution in [2.45, 2.75) is 19.8 Å². The summed E-state index contributed by atoms with van der Waals surface area (Å²) < 4.78 is 5.28. The van der Waals surface area contributed by atoms with Gasteiger partial charge in [-0.15, -0.1) is 0 Å². The first-order valence-electron chi connectivity index (χ1n) is 6.36. The molecule has 1 aromatic carbocycles. The zero-order valence-corrected chi connectivity index (χ0v) is 12.0. The average Bonchev–Trinajstić information content (AvgIpc) is 2.42. The van der Waals surface area contributed by atoms with Crippen LogP contribution < -0.4 is 5.32 Å². The molecule has 0 saturated heterocycles. The molecular formula is C13H17ClN2O4. The number of halogens is 1. The van der Waals surface area contributed by atoms with Crippen molar-refractivity contribution in [3.8, 4) is 0 Å². The predicted octanol–water partition coefficient (Wildman–Crippen LogP) is 2.79. The number of nitrogens with zero attached hydrogens (tertiary/aromatic N) is 1. The van der Waals surface area contributed by atoms with Gasteiger partial charge in [0.25, 0.3) is 11.6 Å². The Hall–Kier alpha value is -1.66. The maximum atomic E-state index is 11.8. The van der Waals surface area contributed by atoms with Crippen molar-refractivity contribution in [3.63, 3.8) is 0 Å². The lowest BCUT2D eigenvalue weighted by molar-refractivity contribution is -0.384. The second-order valence-electron chi connectivity index (χ2n) is 4.14. The highest BCUT2D eigenvalue weighted by atomic mass is 35.5. The number of rotatable bonds is 8. The Morgan fingerprint density at radius 1 is 1.45 bits per heavy atom. The standard InChI is InChI=1S/C13H17ClN2O4/c1-2-7-20-8-3-6-15-13(17)11-5-4-10(16(18)19)9-12(11)14/h4-5,9H,2-3,6-8H2,1H3,(H,15,17). The van der Waals surface area contributed by atoms with E-state index in [1.165, 1.54) is 18.2 Å². The molecule has 1 N–H and O–H groups in total. The van der Waals surface area contributed by atoms with E-state index in [4.69, 9.17) is 16.3 Å². The van der Waals surface area contributed by atoms with Crippen LogP contribution in [0.2, 0.25) is 5.02 Å². The summed E-state index contributed by atoms with van der Waals surface area (Å²) in [5, 5.41) is 13.3. The summed E-state index contributed by atoms with van der Waals surface area (Å²) in [5.41, 5.74) is 0.0891. The van der Waals surface area contributed by atoms with Crippen LogP contribution in [0.3, 0.4) is 0 Å². The lowest BCUT2D eigenvalue weighted by atomic mass is 10.2. The Labute approximate surface area is 122 Å². The van der Waals surface area contributed by atoms with Crippen LogP contribution in [0.5, 0.6) is 0 Å². The number of hydrogen-bond donors (Lipinski definition) is 1. The summed E-state index contributed by atoms with van der Waals surface area (Å²) in [5.74, 6) is -0.347. The molecule has 1 aromatic rings. The first-order valence-corrected chi connectivity index (χ1v) is 6.74. The topological polar surface area (TPSA) is 81.5 Å². The van der Waals surface area contributed by atoms with Gasteiger partial charge in [0.15, 0.2) is 0 Å². The molecule has 1 rings (SSSR count). The average molecular weight is 301 g/mol. The molecule has 0 aliphatic heterocycles. The number of hydrogen-bond acceptors (Lipinski definition) is 4. The van der Waals surface area contributed by atoms with E-state index in [2.05, 4.69) is 5.32 Å². The fraction of sp³-hybridized carbons (Fsp3) is 0.462. The molecule has 0 radical (unpaired) electrons. The van der Waals surface area contributed by atoms with E-state index in [-0.39, 0.29) is 22.2 Å². The van der Waals surface area contributed by atoms with Crippen molar-refractivity contribution >= 4 is 23.2 Å². The molecule has 0 bridgehead atoms. The molecule has 110 valence electrons. The number of nitrogens with one attached hydrogen (secondary N) is 1. The van der Waals surface area contributed by atoms with Gasteiger partial charge in [0.05, 0.1) is 15.5 Å². The molecule has 0 aliphatic carbocycles. The summed E-state index contributed by atoms with van der Waals surface area (Å²) in [4.78, 5) is 21.8. The van der Waals surface area contributed by atoms with Crippen LogP contribution in [0, 0.1) is 10.1 Å². The summed E-state index contributed by atoms with van der Waals surface area (Å²) >= 11 is 5.86. The van der Waals surface area contributed by atoms with Crippen LogP contribution in [0.1, 0.15) is 30.1 Å². The zero-order chi connectivity index (χ0) is 15.0. The number of nitro benzene ring substituents is 1. The Morgan fingerprint density at radius 2 is 2.20 bits per heavy atom. The molecular weight excluding hydrogens is 284 g/mol. The van der Waals surface area contributed by atoms with E-state index in [0.717, 1.165) is 6.42 Å². The molecule has 7 heteroatoms. The first kappa shape index (κ1) is 16.4. The third kappa shape index (κ3) is 5.14. The van der Waals surface area contributed by atoms with Gasteiger partial charge in [-0.3, -0.25) is 14.9 Å². The highest BCUT2D eigenvalue weighted by Crippen LogP contribution is 2.22. The number of carbonyl (C=O) groups is 1. The highest BCUT2D eigenvalue weighted by molar-refractivity contribution is 6.34. The molecule has 0 fully saturated rings. The minimum absolute atomic E-state index is 0.0685. The van der Waals surface area contributed by atoms with Gasteiger partial charge in [-0.05, 0) is 18.9 Å². The van der Waals surface area contributed by atoms with Gasteiger partial charge < -0.3 is 10.1 Å². The molecule has 1 amide bonds. The lowest BCUT2D eigenvalue weighted by Crippen LogP contribution is -2.25. The van der Waals surface area contributed by atoms with E-state index >= 15 is 0 Å². The minimum Gasteiger partial charge on any atom is -0.381 e. The van der Waals surface area contributed by atoms with Gasteiger partial charge in [-0.1, -0.05) is 18.5 Å². The molecule has 0 aromatic heterocycles.